The maximum absolute atomic E-state index is 10.9. The fraction of sp³-hybridized carbons (Fsp3) is 0.714. The molecule has 0 saturated heterocycles. The van der Waals surface area contributed by atoms with Crippen LogP contribution < -0.4 is 0 Å². The predicted octanol–water partition coefficient (Wildman–Crippen LogP) is 1.51. The van der Waals surface area contributed by atoms with Gasteiger partial charge < -0.3 is 4.74 Å². The first-order valence-corrected chi connectivity index (χ1v) is 4.53. The van der Waals surface area contributed by atoms with Crippen LogP contribution in [-0.2, 0) is 9.53 Å². The molecule has 0 aromatic carbocycles. The van der Waals surface area contributed by atoms with E-state index in [9.17, 15) is 4.79 Å². The Morgan fingerprint density at radius 3 is 2.70 bits per heavy atom. The van der Waals surface area contributed by atoms with Crippen LogP contribution in [0.1, 0.15) is 13.3 Å². The highest BCUT2D eigenvalue weighted by Gasteiger charge is 2.14. The van der Waals surface area contributed by atoms with Gasteiger partial charge in [0.2, 0.25) is 0 Å². The second-order valence-corrected chi connectivity index (χ2v) is 2.81. The molecule has 59 valence electrons. The Balaban J connectivity index is 3.65. The average Bonchev–Trinajstić information content (AvgIpc) is 1.91. The normalized spacial score (nSPS) is 12.7. The minimum Gasteiger partial charge on any atom is -0.465 e. The van der Waals surface area contributed by atoms with Gasteiger partial charge in [-0.05, 0) is 19.6 Å². The molecule has 2 nitrogen and oxygen atoms in total. The Morgan fingerprint density at radius 2 is 2.40 bits per heavy atom. The van der Waals surface area contributed by atoms with E-state index in [0.29, 0.717) is 13.0 Å². The zero-order valence-electron chi connectivity index (χ0n) is 6.42. The van der Waals surface area contributed by atoms with Crippen LogP contribution in [0.3, 0.4) is 0 Å². The molecule has 0 aromatic heterocycles. The number of carbonyl (C=O) groups is 1. The van der Waals surface area contributed by atoms with E-state index in [1.54, 1.807) is 6.92 Å². The van der Waals surface area contributed by atoms with Crippen LogP contribution in [-0.4, -0.2) is 24.1 Å². The van der Waals surface area contributed by atoms with Crippen molar-refractivity contribution in [3.05, 3.63) is 6.92 Å². The number of esters is 1. The van der Waals surface area contributed by atoms with E-state index in [4.69, 9.17) is 4.74 Å². The molecule has 0 N–H and O–H groups in total. The van der Waals surface area contributed by atoms with Crippen LogP contribution in [0.5, 0.6) is 0 Å². The Hall–Kier alpha value is -0.180. The lowest BCUT2D eigenvalue weighted by Crippen LogP contribution is -2.18. The van der Waals surface area contributed by atoms with Gasteiger partial charge in [-0.1, -0.05) is 6.92 Å². The molecule has 1 unspecified atom stereocenters. The minimum absolute atomic E-state index is 0.0834. The van der Waals surface area contributed by atoms with Gasteiger partial charge in [-0.2, -0.15) is 11.8 Å². The smallest absolute Gasteiger partial charge is 0.319 e. The van der Waals surface area contributed by atoms with Gasteiger partial charge in [0, 0.05) is 0 Å². The first-order chi connectivity index (χ1) is 4.76. The zero-order chi connectivity index (χ0) is 7.98. The fourth-order valence-electron chi connectivity index (χ4n) is 0.567. The maximum Gasteiger partial charge on any atom is 0.319 e. The molecule has 0 rings (SSSR count). The SMILES string of the molecule is [CH2]CC(SC)C(=O)OCC. The summed E-state index contributed by atoms with van der Waals surface area (Å²) in [6.07, 6.45) is 2.48. The highest BCUT2D eigenvalue weighted by atomic mass is 32.2. The van der Waals surface area contributed by atoms with E-state index in [1.165, 1.54) is 11.8 Å². The van der Waals surface area contributed by atoms with Gasteiger partial charge in [0.1, 0.15) is 5.25 Å². The summed E-state index contributed by atoms with van der Waals surface area (Å²) < 4.78 is 4.79. The van der Waals surface area contributed by atoms with Crippen LogP contribution in [0.15, 0.2) is 0 Å². The summed E-state index contributed by atoms with van der Waals surface area (Å²) in [7, 11) is 0. The van der Waals surface area contributed by atoms with Crippen LogP contribution >= 0.6 is 11.8 Å². The Morgan fingerprint density at radius 1 is 1.80 bits per heavy atom. The summed E-state index contributed by atoms with van der Waals surface area (Å²) in [4.78, 5) is 10.9. The van der Waals surface area contributed by atoms with Gasteiger partial charge >= 0.3 is 5.97 Å². The molecule has 0 aromatic rings. The highest BCUT2D eigenvalue weighted by Crippen LogP contribution is 2.11. The van der Waals surface area contributed by atoms with E-state index < -0.39 is 0 Å². The molecule has 0 aliphatic rings. The molecule has 0 aliphatic heterocycles. The molecule has 0 bridgehead atoms. The van der Waals surface area contributed by atoms with Crippen molar-refractivity contribution in [3.63, 3.8) is 0 Å². The summed E-state index contributed by atoms with van der Waals surface area (Å²) in [6.45, 7) is 5.90. The Labute approximate surface area is 66.3 Å². The van der Waals surface area contributed by atoms with Crippen molar-refractivity contribution < 1.29 is 9.53 Å². The largest absolute Gasteiger partial charge is 0.465 e. The fourth-order valence-corrected chi connectivity index (χ4v) is 1.06. The van der Waals surface area contributed by atoms with E-state index in [1.807, 2.05) is 6.26 Å². The van der Waals surface area contributed by atoms with Crippen molar-refractivity contribution >= 4 is 17.7 Å². The molecule has 1 atom stereocenters. The van der Waals surface area contributed by atoms with Gasteiger partial charge in [-0.3, -0.25) is 4.79 Å². The number of thioether (sulfide) groups is 1. The van der Waals surface area contributed by atoms with E-state index >= 15 is 0 Å². The maximum atomic E-state index is 10.9. The van der Waals surface area contributed by atoms with Gasteiger partial charge in [0.25, 0.3) is 0 Å². The van der Waals surface area contributed by atoms with Crippen LogP contribution in [0, 0.1) is 6.92 Å². The molecule has 0 fully saturated rings. The summed E-state index contributed by atoms with van der Waals surface area (Å²) in [5.41, 5.74) is 0. The van der Waals surface area contributed by atoms with Gasteiger partial charge in [-0.25, -0.2) is 0 Å². The van der Waals surface area contributed by atoms with Crippen molar-refractivity contribution in [2.45, 2.75) is 18.6 Å². The van der Waals surface area contributed by atoms with Crippen LogP contribution in [0.25, 0.3) is 0 Å². The summed E-state index contributed by atoms with van der Waals surface area (Å²) in [5.74, 6) is -0.148. The predicted molar refractivity (Wildman–Crippen MR) is 43.9 cm³/mol. The lowest BCUT2D eigenvalue weighted by atomic mass is 10.3. The number of hydrogen-bond donors (Lipinski definition) is 0. The Kier molecular flexibility index (Phi) is 5.49. The lowest BCUT2D eigenvalue weighted by molar-refractivity contribution is -0.142. The van der Waals surface area contributed by atoms with Gasteiger partial charge in [0.05, 0.1) is 6.61 Å². The van der Waals surface area contributed by atoms with E-state index in [-0.39, 0.29) is 11.2 Å². The molecule has 3 heteroatoms. The third kappa shape index (κ3) is 3.11. The van der Waals surface area contributed by atoms with Crippen LogP contribution in [0.2, 0.25) is 0 Å². The van der Waals surface area contributed by atoms with Gasteiger partial charge in [-0.15, -0.1) is 0 Å². The first-order valence-electron chi connectivity index (χ1n) is 3.24. The molecule has 0 amide bonds. The number of hydrogen-bond acceptors (Lipinski definition) is 3. The molecular formula is C7H13O2S. The van der Waals surface area contributed by atoms with E-state index in [0.717, 1.165) is 0 Å². The minimum atomic E-state index is -0.148. The third-order valence-electron chi connectivity index (χ3n) is 1.10. The lowest BCUT2D eigenvalue weighted by Gasteiger charge is -2.09. The van der Waals surface area contributed by atoms with Crippen molar-refractivity contribution in [2.24, 2.45) is 0 Å². The summed E-state index contributed by atoms with van der Waals surface area (Å²) >= 11 is 1.48. The highest BCUT2D eigenvalue weighted by molar-refractivity contribution is 7.99. The molecule has 0 saturated carbocycles. The number of rotatable bonds is 4. The van der Waals surface area contributed by atoms with Crippen LogP contribution in [0.4, 0.5) is 0 Å². The average molecular weight is 161 g/mol. The van der Waals surface area contributed by atoms with Gasteiger partial charge in [0.15, 0.2) is 0 Å². The summed E-state index contributed by atoms with van der Waals surface area (Å²) in [5, 5.41) is -0.0834. The topological polar surface area (TPSA) is 26.3 Å². The molecule has 10 heavy (non-hydrogen) atoms. The zero-order valence-corrected chi connectivity index (χ0v) is 7.24. The molecule has 1 radical (unpaired) electrons. The van der Waals surface area contributed by atoms with Crippen molar-refractivity contribution in [2.75, 3.05) is 12.9 Å². The first kappa shape index (κ1) is 9.82. The monoisotopic (exact) mass is 161 g/mol. The molecular weight excluding hydrogens is 148 g/mol. The third-order valence-corrected chi connectivity index (χ3v) is 2.09. The standard InChI is InChI=1S/C7H13O2S/c1-4-6(10-3)7(8)9-5-2/h6H,1,4-5H2,2-3H3. The number of ether oxygens (including phenoxy) is 1. The van der Waals surface area contributed by atoms with E-state index in [2.05, 4.69) is 6.92 Å². The molecule has 0 aliphatic carbocycles. The molecule has 0 heterocycles. The van der Waals surface area contributed by atoms with Crippen molar-refractivity contribution in [3.8, 4) is 0 Å². The number of carbonyl (C=O) groups excluding carboxylic acids is 1. The van der Waals surface area contributed by atoms with Crippen molar-refractivity contribution in [1.29, 1.82) is 0 Å². The molecule has 0 spiro atoms. The second-order valence-electron chi connectivity index (χ2n) is 1.77. The second kappa shape index (κ2) is 5.59. The van der Waals surface area contributed by atoms with Crippen molar-refractivity contribution in [1.82, 2.24) is 0 Å². The quantitative estimate of drug-likeness (QED) is 0.584. The summed E-state index contributed by atoms with van der Waals surface area (Å²) in [6, 6.07) is 0. The Bertz CT molecular complexity index is 99.8.